The number of hydrogen-bond donors (Lipinski definition) is 1. The monoisotopic (exact) mass is 257 g/mol. The van der Waals surface area contributed by atoms with Crippen LogP contribution >= 0.6 is 11.8 Å². The molecule has 0 aliphatic heterocycles. The highest BCUT2D eigenvalue weighted by Crippen LogP contribution is 2.07. The molecule has 0 atom stereocenters. The Morgan fingerprint density at radius 2 is 2.24 bits per heavy atom. The van der Waals surface area contributed by atoms with Crippen LogP contribution in [0, 0.1) is 0 Å². The van der Waals surface area contributed by atoms with E-state index in [9.17, 15) is 4.79 Å². The van der Waals surface area contributed by atoms with Gasteiger partial charge in [0.05, 0.1) is 6.54 Å². The van der Waals surface area contributed by atoms with Gasteiger partial charge in [0.25, 0.3) is 5.91 Å². The minimum atomic E-state index is -0.458. The fraction of sp³-hybridized carbons (Fsp3) is 0.500. The summed E-state index contributed by atoms with van der Waals surface area (Å²) in [5.41, 5.74) is 0.329. The Balaban J connectivity index is 2.57. The molecule has 0 aromatic carbocycles. The number of thioether (sulfide) groups is 1. The fourth-order valence-electron chi connectivity index (χ4n) is 1.10. The van der Waals surface area contributed by atoms with Crippen molar-refractivity contribution in [2.45, 2.75) is 11.4 Å². The van der Waals surface area contributed by atoms with Gasteiger partial charge in [0, 0.05) is 20.4 Å². The maximum Gasteiger partial charge on any atom is 0.270 e. The zero-order valence-electron chi connectivity index (χ0n) is 9.97. The van der Waals surface area contributed by atoms with Gasteiger partial charge in [-0.2, -0.15) is 0 Å². The van der Waals surface area contributed by atoms with Crippen molar-refractivity contribution in [1.82, 2.24) is 15.3 Å². The topological polar surface area (TPSA) is 73.3 Å². The first kappa shape index (κ1) is 13.9. The number of nitrogens with one attached hydrogen (secondary N) is 1. The summed E-state index contributed by atoms with van der Waals surface area (Å²) in [5.74, 6) is -0.276. The van der Waals surface area contributed by atoms with Gasteiger partial charge >= 0.3 is 0 Å². The first-order chi connectivity index (χ1) is 8.21. The molecule has 0 bridgehead atoms. The third-order valence-corrected chi connectivity index (χ3v) is 2.57. The molecular formula is C10H15N3O3S. The summed E-state index contributed by atoms with van der Waals surface area (Å²) < 4.78 is 9.91. The second-order valence-electron chi connectivity index (χ2n) is 3.04. The van der Waals surface area contributed by atoms with Gasteiger partial charge in [-0.05, 0) is 12.3 Å². The summed E-state index contributed by atoms with van der Waals surface area (Å²) in [7, 11) is 3.02. The third kappa shape index (κ3) is 4.29. The minimum Gasteiger partial charge on any atom is -0.354 e. The average molecular weight is 257 g/mol. The maximum absolute atomic E-state index is 11.7. The van der Waals surface area contributed by atoms with Crippen molar-refractivity contribution < 1.29 is 14.3 Å². The molecule has 0 spiro atoms. The van der Waals surface area contributed by atoms with E-state index in [2.05, 4.69) is 15.3 Å². The molecule has 0 unspecified atom stereocenters. The van der Waals surface area contributed by atoms with E-state index in [4.69, 9.17) is 9.47 Å². The van der Waals surface area contributed by atoms with Gasteiger partial charge in [-0.3, -0.25) is 4.79 Å². The molecule has 17 heavy (non-hydrogen) atoms. The van der Waals surface area contributed by atoms with E-state index < -0.39 is 6.29 Å². The van der Waals surface area contributed by atoms with E-state index in [1.54, 1.807) is 12.3 Å². The molecule has 7 heteroatoms. The van der Waals surface area contributed by atoms with Gasteiger partial charge in [0.1, 0.15) is 5.69 Å². The SMILES string of the molecule is COC(CNC(=O)c1ccnc(SC)n1)OC. The molecule has 1 amide bonds. The smallest absolute Gasteiger partial charge is 0.270 e. The predicted octanol–water partition coefficient (Wildman–Crippen LogP) is 0.547. The molecule has 1 heterocycles. The first-order valence-corrected chi connectivity index (χ1v) is 6.14. The van der Waals surface area contributed by atoms with Gasteiger partial charge in [0.15, 0.2) is 11.4 Å². The Morgan fingerprint density at radius 3 is 2.82 bits per heavy atom. The number of carbonyl (C=O) groups excluding carboxylic acids is 1. The van der Waals surface area contributed by atoms with Gasteiger partial charge in [0.2, 0.25) is 0 Å². The molecule has 0 saturated heterocycles. The normalized spacial score (nSPS) is 10.6. The van der Waals surface area contributed by atoms with Crippen LogP contribution in [0.4, 0.5) is 0 Å². The molecule has 0 aliphatic carbocycles. The molecule has 6 nitrogen and oxygen atoms in total. The summed E-state index contributed by atoms with van der Waals surface area (Å²) in [6.07, 6.45) is 2.95. The Hall–Kier alpha value is -1.18. The van der Waals surface area contributed by atoms with Crippen LogP contribution in [0.15, 0.2) is 17.4 Å². The predicted molar refractivity (Wildman–Crippen MR) is 64.0 cm³/mol. The first-order valence-electron chi connectivity index (χ1n) is 4.92. The molecule has 1 N–H and O–H groups in total. The number of hydrogen-bond acceptors (Lipinski definition) is 6. The number of aromatic nitrogens is 2. The zero-order chi connectivity index (χ0) is 12.7. The molecular weight excluding hydrogens is 242 g/mol. The molecule has 1 aromatic heterocycles. The Labute approximate surface area is 104 Å². The van der Waals surface area contributed by atoms with Crippen LogP contribution < -0.4 is 5.32 Å². The van der Waals surface area contributed by atoms with E-state index >= 15 is 0 Å². The number of rotatable bonds is 6. The lowest BCUT2D eigenvalue weighted by molar-refractivity contribution is -0.0974. The van der Waals surface area contributed by atoms with Gasteiger partial charge < -0.3 is 14.8 Å². The molecule has 0 saturated carbocycles. The Kier molecular flexibility index (Phi) is 5.88. The van der Waals surface area contributed by atoms with Crippen LogP contribution in [0.2, 0.25) is 0 Å². The van der Waals surface area contributed by atoms with Crippen molar-refractivity contribution >= 4 is 17.7 Å². The summed E-state index contributed by atoms with van der Waals surface area (Å²) in [6.45, 7) is 0.268. The minimum absolute atomic E-state index is 0.268. The van der Waals surface area contributed by atoms with Crippen LogP contribution in [0.25, 0.3) is 0 Å². The fourth-order valence-corrected chi connectivity index (χ4v) is 1.45. The van der Waals surface area contributed by atoms with E-state index in [0.717, 1.165) is 0 Å². The number of ether oxygens (including phenoxy) is 2. The molecule has 1 aromatic rings. The largest absolute Gasteiger partial charge is 0.354 e. The van der Waals surface area contributed by atoms with Crippen LogP contribution in [0.5, 0.6) is 0 Å². The van der Waals surface area contributed by atoms with E-state index in [-0.39, 0.29) is 12.5 Å². The van der Waals surface area contributed by atoms with Crippen molar-refractivity contribution in [2.24, 2.45) is 0 Å². The highest BCUT2D eigenvalue weighted by molar-refractivity contribution is 7.98. The maximum atomic E-state index is 11.7. The van der Waals surface area contributed by atoms with Crippen LogP contribution in [-0.4, -0.2) is 49.2 Å². The quantitative estimate of drug-likeness (QED) is 0.456. The van der Waals surface area contributed by atoms with Crippen LogP contribution in [0.1, 0.15) is 10.5 Å². The third-order valence-electron chi connectivity index (χ3n) is 2.00. The summed E-state index contributed by atoms with van der Waals surface area (Å²) in [6, 6.07) is 1.56. The number of nitrogens with zero attached hydrogens (tertiary/aromatic N) is 2. The highest BCUT2D eigenvalue weighted by Gasteiger charge is 2.11. The van der Waals surface area contributed by atoms with Crippen molar-refractivity contribution in [3.05, 3.63) is 18.0 Å². The van der Waals surface area contributed by atoms with Crippen molar-refractivity contribution in [3.63, 3.8) is 0 Å². The van der Waals surface area contributed by atoms with Crippen molar-refractivity contribution in [2.75, 3.05) is 27.0 Å². The lowest BCUT2D eigenvalue weighted by atomic mass is 10.4. The number of amides is 1. The van der Waals surface area contributed by atoms with E-state index in [1.165, 1.54) is 26.0 Å². The van der Waals surface area contributed by atoms with Gasteiger partial charge in [-0.25, -0.2) is 9.97 Å². The molecule has 0 aliphatic rings. The van der Waals surface area contributed by atoms with E-state index in [0.29, 0.717) is 10.9 Å². The number of methoxy groups -OCH3 is 2. The summed E-state index contributed by atoms with van der Waals surface area (Å²) >= 11 is 1.38. The van der Waals surface area contributed by atoms with Crippen molar-refractivity contribution in [1.29, 1.82) is 0 Å². The average Bonchev–Trinajstić information content (AvgIpc) is 2.39. The molecule has 94 valence electrons. The van der Waals surface area contributed by atoms with Crippen LogP contribution in [-0.2, 0) is 9.47 Å². The lowest BCUT2D eigenvalue weighted by Gasteiger charge is -2.13. The second kappa shape index (κ2) is 7.21. The Bertz CT molecular complexity index is 372. The van der Waals surface area contributed by atoms with Crippen molar-refractivity contribution in [3.8, 4) is 0 Å². The highest BCUT2D eigenvalue weighted by atomic mass is 32.2. The van der Waals surface area contributed by atoms with E-state index in [1.807, 2.05) is 6.26 Å². The Morgan fingerprint density at radius 1 is 1.53 bits per heavy atom. The van der Waals surface area contributed by atoms with Gasteiger partial charge in [-0.1, -0.05) is 11.8 Å². The standard InChI is InChI=1S/C10H15N3O3S/c1-15-8(16-2)6-12-9(14)7-4-5-11-10(13-7)17-3/h4-5,8H,6H2,1-3H3,(H,12,14). The number of carbonyl (C=O) groups is 1. The summed E-state index contributed by atoms with van der Waals surface area (Å²) in [5, 5.41) is 3.23. The second-order valence-corrected chi connectivity index (χ2v) is 3.81. The molecule has 0 radical (unpaired) electrons. The zero-order valence-corrected chi connectivity index (χ0v) is 10.8. The van der Waals surface area contributed by atoms with Crippen LogP contribution in [0.3, 0.4) is 0 Å². The molecule has 0 fully saturated rings. The summed E-state index contributed by atoms with van der Waals surface area (Å²) in [4.78, 5) is 19.8. The lowest BCUT2D eigenvalue weighted by Crippen LogP contribution is -2.34. The molecule has 1 rings (SSSR count). The van der Waals surface area contributed by atoms with Gasteiger partial charge in [-0.15, -0.1) is 0 Å².